The lowest BCUT2D eigenvalue weighted by molar-refractivity contribution is 0.102. The topological polar surface area (TPSA) is 92.8 Å². The number of hydrogen-bond acceptors (Lipinski definition) is 7. The molecular weight excluding hydrogens is 382 g/mol. The number of amides is 1. The minimum Gasteiger partial charge on any atom is -0.496 e. The Bertz CT molecular complexity index is 948. The molecule has 0 bridgehead atoms. The fourth-order valence-electron chi connectivity index (χ4n) is 3.42. The Balaban J connectivity index is 1.74. The van der Waals surface area contributed by atoms with E-state index in [1.807, 2.05) is 24.8 Å². The number of nitrogens with one attached hydrogen (secondary N) is 2. The maximum Gasteiger partial charge on any atom is 0.270 e. The minimum absolute atomic E-state index is 0.180. The van der Waals surface area contributed by atoms with Crippen LogP contribution in [0.5, 0.6) is 5.75 Å². The smallest absolute Gasteiger partial charge is 0.270 e. The quantitative estimate of drug-likeness (QED) is 0.655. The Hall–Kier alpha value is -2.13. The van der Waals surface area contributed by atoms with Crippen molar-refractivity contribution in [3.05, 3.63) is 22.6 Å². The van der Waals surface area contributed by atoms with Crippen molar-refractivity contribution >= 4 is 45.0 Å². The Labute approximate surface area is 165 Å². The molecule has 1 aliphatic carbocycles. The summed E-state index contributed by atoms with van der Waals surface area (Å²) in [5.74, 6) is 0.815. The molecule has 4 rings (SSSR count). The van der Waals surface area contributed by atoms with Crippen molar-refractivity contribution in [2.75, 3.05) is 12.4 Å². The highest BCUT2D eigenvalue weighted by Gasteiger charge is 2.25. The van der Waals surface area contributed by atoms with Gasteiger partial charge in [0, 0.05) is 20.2 Å². The first kappa shape index (κ1) is 18.2. The molecule has 2 aromatic heterocycles. The maximum atomic E-state index is 12.9. The van der Waals surface area contributed by atoms with E-state index in [1.165, 1.54) is 43.4 Å². The Morgan fingerprint density at radius 3 is 2.85 bits per heavy atom. The maximum absolute atomic E-state index is 12.9. The third-order valence-electron chi connectivity index (χ3n) is 4.77. The minimum atomic E-state index is -0.201. The molecule has 0 atom stereocenters. The van der Waals surface area contributed by atoms with E-state index in [2.05, 4.69) is 32.0 Å². The molecule has 0 radical (unpaired) electrons. The summed E-state index contributed by atoms with van der Waals surface area (Å²) in [6, 6.07) is 4.15. The second-order valence-corrected chi connectivity index (χ2v) is 9.01. The first-order valence-corrected chi connectivity index (χ1v) is 10.7. The second-order valence-electron chi connectivity index (χ2n) is 6.65. The van der Waals surface area contributed by atoms with Crippen molar-refractivity contribution < 1.29 is 9.53 Å². The molecule has 2 heterocycles. The zero-order chi connectivity index (χ0) is 18.8. The van der Waals surface area contributed by atoms with Crippen LogP contribution in [0.1, 0.15) is 47.3 Å². The van der Waals surface area contributed by atoms with E-state index in [0.717, 1.165) is 26.3 Å². The van der Waals surface area contributed by atoms with E-state index in [9.17, 15) is 4.79 Å². The highest BCUT2D eigenvalue weighted by atomic mass is 32.2. The molecule has 1 aliphatic rings. The summed E-state index contributed by atoms with van der Waals surface area (Å²) < 4.78 is 6.51. The molecule has 0 spiro atoms. The van der Waals surface area contributed by atoms with Gasteiger partial charge in [-0.25, -0.2) is 0 Å². The first-order chi connectivity index (χ1) is 13.2. The zero-order valence-corrected chi connectivity index (χ0v) is 16.9. The molecule has 7 nitrogen and oxygen atoms in total. The van der Waals surface area contributed by atoms with Crippen molar-refractivity contribution in [3.8, 4) is 5.75 Å². The fraction of sp³-hybridized carbons (Fsp3) is 0.444. The van der Waals surface area contributed by atoms with E-state index in [0.29, 0.717) is 10.1 Å². The van der Waals surface area contributed by atoms with Crippen LogP contribution < -0.4 is 10.1 Å². The SMILES string of the molecule is COc1cc2sc(C(=O)Nc3nn[nH]n3)c(SC3CCCCC3)c2cc1C. The molecule has 1 saturated carbocycles. The van der Waals surface area contributed by atoms with Gasteiger partial charge in [-0.05, 0) is 42.7 Å². The molecule has 1 fully saturated rings. The van der Waals surface area contributed by atoms with Crippen molar-refractivity contribution in [2.24, 2.45) is 0 Å². The number of ether oxygens (including phenoxy) is 1. The van der Waals surface area contributed by atoms with E-state index >= 15 is 0 Å². The number of carbonyl (C=O) groups is 1. The number of H-pyrrole nitrogens is 1. The number of aromatic amines is 1. The van der Waals surface area contributed by atoms with Gasteiger partial charge in [0.05, 0.1) is 7.11 Å². The number of anilines is 1. The summed E-state index contributed by atoms with van der Waals surface area (Å²) in [5, 5.41) is 17.9. The third kappa shape index (κ3) is 3.79. The van der Waals surface area contributed by atoms with Crippen LogP contribution in [-0.4, -0.2) is 38.9 Å². The van der Waals surface area contributed by atoms with Gasteiger partial charge in [-0.3, -0.25) is 10.1 Å². The van der Waals surface area contributed by atoms with Gasteiger partial charge in [-0.1, -0.05) is 24.4 Å². The van der Waals surface area contributed by atoms with E-state index in [1.54, 1.807) is 7.11 Å². The van der Waals surface area contributed by atoms with E-state index < -0.39 is 0 Å². The van der Waals surface area contributed by atoms with Gasteiger partial charge < -0.3 is 4.74 Å². The monoisotopic (exact) mass is 403 g/mol. The number of benzene rings is 1. The number of aromatic nitrogens is 4. The van der Waals surface area contributed by atoms with Crippen molar-refractivity contribution in [1.29, 1.82) is 0 Å². The summed E-state index contributed by atoms with van der Waals surface area (Å²) in [7, 11) is 1.67. The van der Waals surface area contributed by atoms with E-state index in [-0.39, 0.29) is 11.9 Å². The lowest BCUT2D eigenvalue weighted by atomic mass is 10.0. The highest BCUT2D eigenvalue weighted by Crippen LogP contribution is 2.45. The Kier molecular flexibility index (Phi) is 5.31. The largest absolute Gasteiger partial charge is 0.496 e. The molecule has 0 unspecified atom stereocenters. The van der Waals surface area contributed by atoms with Gasteiger partial charge in [0.1, 0.15) is 10.6 Å². The molecule has 1 amide bonds. The third-order valence-corrected chi connectivity index (χ3v) is 7.52. The number of nitrogens with zero attached hydrogens (tertiary/aromatic N) is 3. The normalized spacial score (nSPS) is 15.2. The lowest BCUT2D eigenvalue weighted by Crippen LogP contribution is -2.13. The molecule has 0 aliphatic heterocycles. The molecule has 3 aromatic rings. The van der Waals surface area contributed by atoms with Crippen LogP contribution >= 0.6 is 23.1 Å². The number of rotatable bonds is 5. The summed E-state index contributed by atoms with van der Waals surface area (Å²) in [4.78, 5) is 14.7. The summed E-state index contributed by atoms with van der Waals surface area (Å²) in [5.41, 5.74) is 1.07. The van der Waals surface area contributed by atoms with Gasteiger partial charge in [0.25, 0.3) is 11.9 Å². The zero-order valence-electron chi connectivity index (χ0n) is 15.2. The molecule has 1 aromatic carbocycles. The standard InChI is InChI=1S/C18H21N5O2S2/c1-10-8-12-14(9-13(10)25-2)27-16(17(24)19-18-20-22-23-21-18)15(12)26-11-6-4-3-5-7-11/h8-9,11H,3-7H2,1-2H3,(H2,19,20,21,22,23,24). The van der Waals surface area contributed by atoms with Crippen molar-refractivity contribution in [2.45, 2.75) is 49.2 Å². The van der Waals surface area contributed by atoms with Crippen LogP contribution in [0.25, 0.3) is 10.1 Å². The van der Waals surface area contributed by atoms with Crippen molar-refractivity contribution in [3.63, 3.8) is 0 Å². The van der Waals surface area contributed by atoms with Crippen LogP contribution in [0, 0.1) is 6.92 Å². The summed E-state index contributed by atoms with van der Waals surface area (Å²) in [6.07, 6.45) is 6.23. The van der Waals surface area contributed by atoms with Crippen LogP contribution in [-0.2, 0) is 0 Å². The number of thiophene rings is 1. The second kappa shape index (κ2) is 7.85. The Morgan fingerprint density at radius 1 is 1.33 bits per heavy atom. The molecular formula is C18H21N5O2S2. The summed E-state index contributed by atoms with van der Waals surface area (Å²) in [6.45, 7) is 2.03. The molecule has 27 heavy (non-hydrogen) atoms. The summed E-state index contributed by atoms with van der Waals surface area (Å²) >= 11 is 3.32. The van der Waals surface area contributed by atoms with Gasteiger partial charge in [-0.15, -0.1) is 28.2 Å². The number of tetrazole rings is 1. The van der Waals surface area contributed by atoms with Crippen LogP contribution in [0.15, 0.2) is 17.0 Å². The van der Waals surface area contributed by atoms with Gasteiger partial charge in [-0.2, -0.15) is 5.21 Å². The van der Waals surface area contributed by atoms with Crippen LogP contribution in [0.4, 0.5) is 5.95 Å². The van der Waals surface area contributed by atoms with Crippen LogP contribution in [0.3, 0.4) is 0 Å². The number of fused-ring (bicyclic) bond motifs is 1. The number of aryl methyl sites for hydroxylation is 1. The van der Waals surface area contributed by atoms with Gasteiger partial charge in [0.15, 0.2) is 0 Å². The fourth-order valence-corrected chi connectivity index (χ4v) is 6.15. The van der Waals surface area contributed by atoms with E-state index in [4.69, 9.17) is 4.74 Å². The number of carbonyl (C=O) groups excluding carboxylic acids is 1. The molecule has 2 N–H and O–H groups in total. The van der Waals surface area contributed by atoms with Crippen molar-refractivity contribution in [1.82, 2.24) is 20.6 Å². The molecule has 142 valence electrons. The Morgan fingerprint density at radius 2 is 2.15 bits per heavy atom. The van der Waals surface area contributed by atoms with Gasteiger partial charge >= 0.3 is 0 Å². The first-order valence-electron chi connectivity index (χ1n) is 8.98. The lowest BCUT2D eigenvalue weighted by Gasteiger charge is -2.21. The van der Waals surface area contributed by atoms with Gasteiger partial charge in [0.2, 0.25) is 0 Å². The molecule has 0 saturated heterocycles. The average Bonchev–Trinajstić information content (AvgIpc) is 3.30. The number of hydrogen-bond donors (Lipinski definition) is 2. The number of methoxy groups -OCH3 is 1. The van der Waals surface area contributed by atoms with Crippen LogP contribution in [0.2, 0.25) is 0 Å². The predicted octanol–water partition coefficient (Wildman–Crippen LogP) is 4.41. The predicted molar refractivity (Wildman–Crippen MR) is 108 cm³/mol. The number of thioether (sulfide) groups is 1. The highest BCUT2D eigenvalue weighted by molar-refractivity contribution is 8.00. The molecule has 9 heteroatoms. The average molecular weight is 404 g/mol.